The molecule has 0 saturated heterocycles. The van der Waals surface area contributed by atoms with Crippen molar-refractivity contribution in [1.29, 1.82) is 0 Å². The van der Waals surface area contributed by atoms with Crippen molar-refractivity contribution in [3.63, 3.8) is 0 Å². The number of hydrogen-bond donors (Lipinski definition) is 2. The van der Waals surface area contributed by atoms with E-state index in [2.05, 4.69) is 53.7 Å². The van der Waals surface area contributed by atoms with Crippen LogP contribution in [0.15, 0.2) is 29.3 Å². The first-order chi connectivity index (χ1) is 12.0. The topological polar surface area (TPSA) is 48.9 Å². The van der Waals surface area contributed by atoms with Crippen molar-refractivity contribution in [2.24, 2.45) is 10.9 Å². The fourth-order valence-corrected chi connectivity index (χ4v) is 3.18. The number of ether oxygens (including phenoxy) is 1. The van der Waals surface area contributed by atoms with Crippen molar-refractivity contribution >= 4 is 29.9 Å². The van der Waals surface area contributed by atoms with Crippen molar-refractivity contribution in [2.75, 3.05) is 41.3 Å². The van der Waals surface area contributed by atoms with Crippen molar-refractivity contribution in [2.45, 2.75) is 38.1 Å². The summed E-state index contributed by atoms with van der Waals surface area (Å²) in [4.78, 5) is 6.67. The third-order valence-electron chi connectivity index (χ3n) is 5.09. The number of guanidine groups is 1. The van der Waals surface area contributed by atoms with Gasteiger partial charge in [0, 0.05) is 26.2 Å². The zero-order chi connectivity index (χ0) is 18.2. The Morgan fingerprint density at radius 3 is 2.38 bits per heavy atom. The number of aliphatic imine (C=N–C) groups is 1. The molecule has 2 atom stereocenters. The van der Waals surface area contributed by atoms with Crippen LogP contribution in [-0.2, 0) is 0 Å². The van der Waals surface area contributed by atoms with Gasteiger partial charge in [0.15, 0.2) is 5.96 Å². The molecule has 26 heavy (non-hydrogen) atoms. The van der Waals surface area contributed by atoms with E-state index < -0.39 is 0 Å². The van der Waals surface area contributed by atoms with E-state index in [1.165, 1.54) is 18.4 Å². The zero-order valence-corrected chi connectivity index (χ0v) is 19.1. The highest BCUT2D eigenvalue weighted by Crippen LogP contribution is 2.34. The lowest BCUT2D eigenvalue weighted by molar-refractivity contribution is 0.264. The molecule has 1 saturated carbocycles. The summed E-state index contributed by atoms with van der Waals surface area (Å²) in [6, 6.07) is 8.94. The molecule has 1 aromatic rings. The average molecular weight is 474 g/mol. The van der Waals surface area contributed by atoms with Crippen LogP contribution >= 0.6 is 24.0 Å². The molecule has 1 fully saturated rings. The lowest BCUT2D eigenvalue weighted by Crippen LogP contribution is -2.46. The lowest BCUT2D eigenvalue weighted by atomic mass is 9.98. The van der Waals surface area contributed by atoms with Crippen LogP contribution in [0.5, 0.6) is 5.75 Å². The number of benzene rings is 1. The molecule has 1 aliphatic carbocycles. The molecule has 0 heterocycles. The molecule has 0 amide bonds. The van der Waals surface area contributed by atoms with E-state index in [0.29, 0.717) is 12.0 Å². The molecule has 2 rings (SSSR count). The molecule has 0 bridgehead atoms. The first-order valence-corrected chi connectivity index (χ1v) is 9.30. The predicted octanol–water partition coefficient (Wildman–Crippen LogP) is 3.31. The Kier molecular flexibility index (Phi) is 10.3. The summed E-state index contributed by atoms with van der Waals surface area (Å²) in [7, 11) is 7.86. The standard InChI is InChI=1S/C20H34N4O.HI/c1-15(16-8-10-18(25-5)11-9-16)12-13-22-20(21-2)23-14-19(24(3)4)17-6-7-17;/h8-11,15,17,19H,6-7,12-14H2,1-5H3,(H2,21,22,23);1H. The molecule has 1 aliphatic rings. The lowest BCUT2D eigenvalue weighted by Gasteiger charge is -2.25. The molecule has 5 nitrogen and oxygen atoms in total. The number of hydrogen-bond acceptors (Lipinski definition) is 3. The predicted molar refractivity (Wildman–Crippen MR) is 121 cm³/mol. The Morgan fingerprint density at radius 1 is 1.23 bits per heavy atom. The van der Waals surface area contributed by atoms with E-state index in [4.69, 9.17) is 4.74 Å². The van der Waals surface area contributed by atoms with Gasteiger partial charge in [0.25, 0.3) is 0 Å². The van der Waals surface area contributed by atoms with E-state index in [9.17, 15) is 0 Å². The fourth-order valence-electron chi connectivity index (χ4n) is 3.18. The molecule has 2 N–H and O–H groups in total. The van der Waals surface area contributed by atoms with Crippen LogP contribution < -0.4 is 15.4 Å². The first-order valence-electron chi connectivity index (χ1n) is 9.30. The van der Waals surface area contributed by atoms with Crippen molar-refractivity contribution in [1.82, 2.24) is 15.5 Å². The highest BCUT2D eigenvalue weighted by molar-refractivity contribution is 14.0. The second-order valence-electron chi connectivity index (χ2n) is 7.21. The van der Waals surface area contributed by atoms with Gasteiger partial charge in [-0.1, -0.05) is 19.1 Å². The Labute approximate surface area is 176 Å². The summed E-state index contributed by atoms with van der Waals surface area (Å²) in [6.45, 7) is 4.11. The highest BCUT2D eigenvalue weighted by Gasteiger charge is 2.32. The minimum Gasteiger partial charge on any atom is -0.497 e. The van der Waals surface area contributed by atoms with Gasteiger partial charge < -0.3 is 20.3 Å². The van der Waals surface area contributed by atoms with Crippen molar-refractivity contribution < 1.29 is 4.74 Å². The van der Waals surface area contributed by atoms with E-state index >= 15 is 0 Å². The smallest absolute Gasteiger partial charge is 0.191 e. The Morgan fingerprint density at radius 2 is 1.88 bits per heavy atom. The van der Waals surface area contributed by atoms with E-state index in [1.807, 2.05) is 19.2 Å². The van der Waals surface area contributed by atoms with Gasteiger partial charge in [-0.3, -0.25) is 4.99 Å². The molecule has 0 aliphatic heterocycles. The number of halogens is 1. The van der Waals surface area contributed by atoms with Gasteiger partial charge in [0.05, 0.1) is 7.11 Å². The average Bonchev–Trinajstić information content (AvgIpc) is 3.45. The van der Waals surface area contributed by atoms with Crippen molar-refractivity contribution in [3.8, 4) is 5.75 Å². The van der Waals surface area contributed by atoms with Gasteiger partial charge in [-0.25, -0.2) is 0 Å². The highest BCUT2D eigenvalue weighted by atomic mass is 127. The molecular weight excluding hydrogens is 439 g/mol. The maximum Gasteiger partial charge on any atom is 0.191 e. The molecule has 6 heteroatoms. The Bertz CT molecular complexity index is 541. The molecule has 0 radical (unpaired) electrons. The van der Waals surface area contributed by atoms with Gasteiger partial charge >= 0.3 is 0 Å². The molecule has 0 spiro atoms. The third-order valence-corrected chi connectivity index (χ3v) is 5.09. The van der Waals surface area contributed by atoms with Gasteiger partial charge in [-0.05, 0) is 62.9 Å². The normalized spacial score (nSPS) is 16.6. The van der Waals surface area contributed by atoms with E-state index in [-0.39, 0.29) is 24.0 Å². The first kappa shape index (κ1) is 23.0. The summed E-state index contributed by atoms with van der Waals surface area (Å²) in [5.74, 6) is 3.15. The van der Waals surface area contributed by atoms with Gasteiger partial charge in [0.1, 0.15) is 5.75 Å². The summed E-state index contributed by atoms with van der Waals surface area (Å²) >= 11 is 0. The summed E-state index contributed by atoms with van der Waals surface area (Å²) in [5.41, 5.74) is 1.34. The Hall–Kier alpha value is -1.02. The van der Waals surface area contributed by atoms with Gasteiger partial charge in [0.2, 0.25) is 0 Å². The molecular formula is C20H35IN4O. The van der Waals surface area contributed by atoms with Crippen molar-refractivity contribution in [3.05, 3.63) is 29.8 Å². The van der Waals surface area contributed by atoms with Crippen LogP contribution in [0.2, 0.25) is 0 Å². The SMILES string of the molecule is CN=C(NCCC(C)c1ccc(OC)cc1)NCC(C1CC1)N(C)C.I. The minimum absolute atomic E-state index is 0. The van der Waals surface area contributed by atoms with Crippen LogP contribution in [0.4, 0.5) is 0 Å². The summed E-state index contributed by atoms with van der Waals surface area (Å²) < 4.78 is 5.22. The van der Waals surface area contributed by atoms with Gasteiger partial charge in [-0.2, -0.15) is 0 Å². The number of rotatable bonds is 9. The maximum atomic E-state index is 5.22. The maximum absolute atomic E-state index is 5.22. The molecule has 148 valence electrons. The van der Waals surface area contributed by atoms with Gasteiger partial charge in [-0.15, -0.1) is 24.0 Å². The molecule has 2 unspecified atom stereocenters. The monoisotopic (exact) mass is 474 g/mol. The second kappa shape index (κ2) is 11.6. The van der Waals surface area contributed by atoms with Crippen LogP contribution in [0.1, 0.15) is 37.7 Å². The van der Waals surface area contributed by atoms with E-state index in [0.717, 1.165) is 37.1 Å². The van der Waals surface area contributed by atoms with Crippen LogP contribution in [0.25, 0.3) is 0 Å². The van der Waals surface area contributed by atoms with E-state index in [1.54, 1.807) is 7.11 Å². The summed E-state index contributed by atoms with van der Waals surface area (Å²) in [6.07, 6.45) is 3.78. The number of likely N-dealkylation sites (N-methyl/N-ethyl adjacent to an activating group) is 1. The van der Waals surface area contributed by atoms with Crippen LogP contribution in [0.3, 0.4) is 0 Å². The fraction of sp³-hybridized carbons (Fsp3) is 0.650. The Balaban J connectivity index is 0.00000338. The minimum atomic E-state index is 0. The molecule has 1 aromatic carbocycles. The number of methoxy groups -OCH3 is 1. The zero-order valence-electron chi connectivity index (χ0n) is 16.8. The third kappa shape index (κ3) is 7.31. The molecule has 0 aromatic heterocycles. The van der Waals surface area contributed by atoms with Crippen LogP contribution in [-0.4, -0.2) is 58.2 Å². The quantitative estimate of drug-likeness (QED) is 0.328. The van der Waals surface area contributed by atoms with Crippen LogP contribution in [0, 0.1) is 5.92 Å². The summed E-state index contributed by atoms with van der Waals surface area (Å²) in [5, 5.41) is 6.92. The number of nitrogens with one attached hydrogen (secondary N) is 2. The number of nitrogens with zero attached hydrogens (tertiary/aromatic N) is 2. The second-order valence-corrected chi connectivity index (χ2v) is 7.21. The largest absolute Gasteiger partial charge is 0.497 e.